The van der Waals surface area contributed by atoms with Crippen LogP contribution in [0.3, 0.4) is 0 Å². The zero-order valence-corrected chi connectivity index (χ0v) is 11.5. The molecule has 82 valence electrons. The van der Waals surface area contributed by atoms with E-state index in [4.69, 9.17) is 16.9 Å². The van der Waals surface area contributed by atoms with Crippen molar-refractivity contribution in [2.45, 2.75) is 4.21 Å². The number of nitriles is 1. The molecule has 0 aliphatic rings. The van der Waals surface area contributed by atoms with Crippen LogP contribution in [0.5, 0.6) is 0 Å². The highest BCUT2D eigenvalue weighted by molar-refractivity contribution is 9.11. The molecule has 0 aliphatic heterocycles. The van der Waals surface area contributed by atoms with Crippen LogP contribution in [-0.4, -0.2) is 26.3 Å². The Labute approximate surface area is 105 Å². The molecule has 0 bridgehead atoms. The molecule has 0 saturated heterocycles. The first-order valence-corrected chi connectivity index (χ1v) is 7.10. The normalized spacial score (nSPS) is 11.7. The predicted octanol–water partition coefficient (Wildman–Crippen LogP) is 2.31. The van der Waals surface area contributed by atoms with Gasteiger partial charge in [0.05, 0.1) is 14.9 Å². The van der Waals surface area contributed by atoms with Gasteiger partial charge in [-0.1, -0.05) is 11.6 Å². The number of hydrogen-bond donors (Lipinski definition) is 0. The van der Waals surface area contributed by atoms with Gasteiger partial charge in [0, 0.05) is 7.05 Å². The molecule has 1 heterocycles. The van der Waals surface area contributed by atoms with Gasteiger partial charge in [-0.05, 0) is 22.0 Å². The van der Waals surface area contributed by atoms with Crippen molar-refractivity contribution >= 4 is 48.9 Å². The van der Waals surface area contributed by atoms with Crippen molar-refractivity contribution < 1.29 is 8.42 Å². The Morgan fingerprint density at radius 3 is 2.73 bits per heavy atom. The standard InChI is InChI=1S/C7H6BrClN2O2S2/c1-11(3-2-10)15(12,13)6-4-5(9)7(8)14-6/h4H,3H2,1H3. The maximum Gasteiger partial charge on any atom is 0.253 e. The molecule has 0 fully saturated rings. The number of nitrogens with zero attached hydrogens (tertiary/aromatic N) is 2. The van der Waals surface area contributed by atoms with Gasteiger partial charge in [0.15, 0.2) is 0 Å². The molecular formula is C7H6BrClN2O2S2. The number of thiophene rings is 1. The quantitative estimate of drug-likeness (QED) is 0.800. The third-order valence-corrected chi connectivity index (χ3v) is 6.31. The summed E-state index contributed by atoms with van der Waals surface area (Å²) in [6, 6.07) is 3.13. The summed E-state index contributed by atoms with van der Waals surface area (Å²) in [5, 5.41) is 8.77. The van der Waals surface area contributed by atoms with Crippen molar-refractivity contribution in [2.75, 3.05) is 13.6 Å². The van der Waals surface area contributed by atoms with E-state index >= 15 is 0 Å². The maximum atomic E-state index is 11.8. The van der Waals surface area contributed by atoms with E-state index in [0.29, 0.717) is 8.81 Å². The average Bonchev–Trinajstić information content (AvgIpc) is 2.48. The van der Waals surface area contributed by atoms with Crippen molar-refractivity contribution in [3.63, 3.8) is 0 Å². The molecule has 0 radical (unpaired) electrons. The summed E-state index contributed by atoms with van der Waals surface area (Å²) in [6.45, 7) is -0.185. The Morgan fingerprint density at radius 2 is 2.33 bits per heavy atom. The summed E-state index contributed by atoms with van der Waals surface area (Å²) in [5.74, 6) is 0. The van der Waals surface area contributed by atoms with Gasteiger partial charge in [-0.25, -0.2) is 8.42 Å². The molecule has 0 amide bonds. The fourth-order valence-corrected chi connectivity index (χ4v) is 4.47. The molecule has 1 aromatic rings. The van der Waals surface area contributed by atoms with Crippen LogP contribution in [0.2, 0.25) is 5.02 Å². The summed E-state index contributed by atoms with van der Waals surface area (Å²) in [4.78, 5) is 0. The van der Waals surface area contributed by atoms with E-state index in [-0.39, 0.29) is 10.8 Å². The summed E-state index contributed by atoms with van der Waals surface area (Å²) >= 11 is 9.89. The molecule has 0 atom stereocenters. The van der Waals surface area contributed by atoms with Crippen LogP contribution < -0.4 is 0 Å². The lowest BCUT2D eigenvalue weighted by molar-refractivity contribution is 0.504. The van der Waals surface area contributed by atoms with E-state index in [0.717, 1.165) is 15.6 Å². The zero-order valence-electron chi connectivity index (χ0n) is 7.57. The molecule has 0 saturated carbocycles. The second kappa shape index (κ2) is 4.80. The molecule has 1 rings (SSSR count). The van der Waals surface area contributed by atoms with E-state index < -0.39 is 10.0 Å². The second-order valence-electron chi connectivity index (χ2n) is 2.61. The van der Waals surface area contributed by atoms with Gasteiger partial charge >= 0.3 is 0 Å². The highest BCUT2D eigenvalue weighted by Gasteiger charge is 2.23. The second-order valence-corrected chi connectivity index (χ2v) is 7.66. The summed E-state index contributed by atoms with van der Waals surface area (Å²) < 4.78 is 25.2. The fourth-order valence-electron chi connectivity index (χ4n) is 0.792. The predicted molar refractivity (Wildman–Crippen MR) is 62.5 cm³/mol. The number of hydrogen-bond acceptors (Lipinski definition) is 4. The van der Waals surface area contributed by atoms with Gasteiger partial charge in [-0.2, -0.15) is 9.57 Å². The van der Waals surface area contributed by atoms with E-state index in [1.807, 2.05) is 0 Å². The third-order valence-electron chi connectivity index (χ3n) is 1.58. The van der Waals surface area contributed by atoms with Crippen LogP contribution in [0, 0.1) is 11.3 Å². The Bertz CT molecular complexity index is 486. The van der Waals surface area contributed by atoms with Crippen molar-refractivity contribution in [1.82, 2.24) is 4.31 Å². The zero-order chi connectivity index (χ0) is 11.6. The number of sulfonamides is 1. The van der Waals surface area contributed by atoms with E-state index in [2.05, 4.69) is 15.9 Å². The first-order chi connectivity index (χ1) is 6.89. The SMILES string of the molecule is CN(CC#N)S(=O)(=O)c1cc(Cl)c(Br)s1. The Morgan fingerprint density at radius 1 is 1.73 bits per heavy atom. The first kappa shape index (κ1) is 12.9. The van der Waals surface area contributed by atoms with Crippen LogP contribution in [0.4, 0.5) is 0 Å². The van der Waals surface area contributed by atoms with Gasteiger partial charge in [-0.15, -0.1) is 11.3 Å². The highest BCUT2D eigenvalue weighted by atomic mass is 79.9. The molecule has 0 N–H and O–H groups in total. The smallest absolute Gasteiger partial charge is 0.206 e. The fraction of sp³-hybridized carbons (Fsp3) is 0.286. The molecule has 8 heteroatoms. The van der Waals surface area contributed by atoms with E-state index in [9.17, 15) is 8.42 Å². The summed E-state index contributed by atoms with van der Waals surface area (Å²) in [5.41, 5.74) is 0. The molecule has 0 unspecified atom stereocenters. The summed E-state index contributed by atoms with van der Waals surface area (Å²) in [7, 11) is -2.24. The minimum Gasteiger partial charge on any atom is -0.206 e. The minimum absolute atomic E-state index is 0.122. The first-order valence-electron chi connectivity index (χ1n) is 3.67. The van der Waals surface area contributed by atoms with Gasteiger partial charge in [-0.3, -0.25) is 0 Å². The topological polar surface area (TPSA) is 61.2 Å². The molecule has 0 aromatic carbocycles. The molecule has 15 heavy (non-hydrogen) atoms. The van der Waals surface area contributed by atoms with Crippen LogP contribution >= 0.6 is 38.9 Å². The Balaban J connectivity index is 3.13. The highest BCUT2D eigenvalue weighted by Crippen LogP contribution is 2.35. The molecule has 0 spiro atoms. The lowest BCUT2D eigenvalue weighted by Gasteiger charge is -2.10. The lowest BCUT2D eigenvalue weighted by atomic mass is 10.7. The third kappa shape index (κ3) is 2.71. The molecule has 4 nitrogen and oxygen atoms in total. The van der Waals surface area contributed by atoms with Gasteiger partial charge in [0.2, 0.25) is 0 Å². The van der Waals surface area contributed by atoms with Crippen LogP contribution in [-0.2, 0) is 10.0 Å². The van der Waals surface area contributed by atoms with Crippen molar-refractivity contribution in [3.8, 4) is 6.07 Å². The average molecular weight is 330 g/mol. The minimum atomic E-state index is -3.59. The number of rotatable bonds is 3. The van der Waals surface area contributed by atoms with Crippen molar-refractivity contribution in [3.05, 3.63) is 14.9 Å². The molecular weight excluding hydrogens is 324 g/mol. The monoisotopic (exact) mass is 328 g/mol. The lowest BCUT2D eigenvalue weighted by Crippen LogP contribution is -2.26. The van der Waals surface area contributed by atoms with Crippen LogP contribution in [0.25, 0.3) is 0 Å². The Kier molecular flexibility index (Phi) is 4.14. The van der Waals surface area contributed by atoms with Crippen molar-refractivity contribution in [1.29, 1.82) is 5.26 Å². The van der Waals surface area contributed by atoms with Gasteiger partial charge in [0.1, 0.15) is 10.8 Å². The summed E-state index contributed by atoms with van der Waals surface area (Å²) in [6.07, 6.45) is 0. The molecule has 1 aromatic heterocycles. The van der Waals surface area contributed by atoms with Gasteiger partial charge < -0.3 is 0 Å². The number of halogens is 2. The van der Waals surface area contributed by atoms with Crippen molar-refractivity contribution in [2.24, 2.45) is 0 Å². The maximum absolute atomic E-state index is 11.8. The molecule has 0 aliphatic carbocycles. The Hall–Kier alpha value is -0.130. The van der Waals surface area contributed by atoms with Gasteiger partial charge in [0.25, 0.3) is 10.0 Å². The van der Waals surface area contributed by atoms with E-state index in [1.54, 1.807) is 6.07 Å². The van der Waals surface area contributed by atoms with Crippen LogP contribution in [0.15, 0.2) is 14.1 Å². The largest absolute Gasteiger partial charge is 0.253 e. The van der Waals surface area contributed by atoms with Crippen LogP contribution in [0.1, 0.15) is 0 Å². The van der Waals surface area contributed by atoms with E-state index in [1.165, 1.54) is 13.1 Å².